The number of nitrogens with two attached hydrogens (primary N) is 2. The Kier molecular flexibility index (Phi) is 7.19. The van der Waals surface area contributed by atoms with Crippen LogP contribution in [0.2, 0.25) is 0 Å². The zero-order chi connectivity index (χ0) is 30.0. The molecule has 41 heavy (non-hydrogen) atoms. The molecule has 4 aliphatic rings. The number of fused-ring (bicyclic) bond motifs is 3. The van der Waals surface area contributed by atoms with E-state index < -0.39 is 87.0 Å². The summed E-state index contributed by atoms with van der Waals surface area (Å²) in [4.78, 5) is 39.2. The van der Waals surface area contributed by atoms with Crippen LogP contribution in [-0.2, 0) is 22.2 Å². The lowest BCUT2D eigenvalue weighted by Crippen LogP contribution is -2.63. The number of benzene rings is 1. The highest BCUT2D eigenvalue weighted by atomic mass is 19.4. The first-order chi connectivity index (χ1) is 19.2. The summed E-state index contributed by atoms with van der Waals surface area (Å²) in [6, 6.07) is -0.949. The number of allylic oxidation sites excluding steroid dienone is 1. The molecule has 0 saturated carbocycles. The van der Waals surface area contributed by atoms with Crippen molar-refractivity contribution >= 4 is 17.5 Å². The van der Waals surface area contributed by atoms with E-state index in [1.165, 1.54) is 6.07 Å². The first kappa shape index (κ1) is 29.1. The number of primary amides is 1. The van der Waals surface area contributed by atoms with Crippen molar-refractivity contribution in [2.24, 2.45) is 23.3 Å². The van der Waals surface area contributed by atoms with Crippen molar-refractivity contribution in [2.45, 2.75) is 69.3 Å². The van der Waals surface area contributed by atoms with Crippen LogP contribution in [-0.4, -0.2) is 57.6 Å². The number of hydrogen-bond acceptors (Lipinski definition) is 9. The van der Waals surface area contributed by atoms with Gasteiger partial charge in [-0.1, -0.05) is 13.3 Å². The number of rotatable bonds is 6. The molecule has 13 heteroatoms. The molecule has 1 aromatic carbocycles. The number of unbranched alkanes of at least 4 members (excludes halogenated alkanes) is 1. The maximum absolute atomic E-state index is 14.7. The SMILES string of the molecule is CCCCOc1cc(C2CCCN2)c(C(F)(F)F)c2c1C(=O)C1=C(O)[C@]3(O)C(=O)C(C(N)=O)=C(O)[C@@H](N)[C@@H]3C[C@@H]1C2. The number of carbonyl (C=O) groups is 3. The Labute approximate surface area is 233 Å². The van der Waals surface area contributed by atoms with Gasteiger partial charge in [0.15, 0.2) is 11.4 Å². The summed E-state index contributed by atoms with van der Waals surface area (Å²) >= 11 is 0. The van der Waals surface area contributed by atoms with Gasteiger partial charge < -0.3 is 36.8 Å². The van der Waals surface area contributed by atoms with E-state index in [-0.39, 0.29) is 36.3 Å². The topological polar surface area (TPSA) is 185 Å². The molecule has 3 aliphatic carbocycles. The predicted molar refractivity (Wildman–Crippen MR) is 138 cm³/mol. The van der Waals surface area contributed by atoms with E-state index in [1.807, 2.05) is 6.92 Å². The van der Waals surface area contributed by atoms with E-state index in [4.69, 9.17) is 16.2 Å². The number of halogens is 3. The average molecular weight is 580 g/mol. The highest BCUT2D eigenvalue weighted by Crippen LogP contribution is 2.54. The van der Waals surface area contributed by atoms with Crippen molar-refractivity contribution in [3.63, 3.8) is 0 Å². The normalized spacial score (nSPS) is 29.8. The first-order valence-corrected chi connectivity index (χ1v) is 13.6. The standard InChI is InChI=1S/C28H32F3N3O7/c1-2-3-7-41-16-10-12(15-5-4-6-34-15)20(28(29,30)31)13-8-11-9-14-21(32)23(36)19(26(33)39)25(38)27(14,40)24(37)17(11)22(35)18(13)16/h10-11,14-15,21,34,36-37,40H,2-9,32H2,1H3,(H2,33,39)/t11-,14-,15?,21-,27-/m0/s1. The van der Waals surface area contributed by atoms with Crippen LogP contribution in [0.15, 0.2) is 28.7 Å². The van der Waals surface area contributed by atoms with E-state index >= 15 is 0 Å². The van der Waals surface area contributed by atoms with E-state index in [9.17, 15) is 42.9 Å². The second-order valence-corrected chi connectivity index (χ2v) is 11.1. The van der Waals surface area contributed by atoms with E-state index in [0.29, 0.717) is 25.8 Å². The minimum absolute atomic E-state index is 0.0340. The lowest BCUT2D eigenvalue weighted by Gasteiger charge is -2.48. The number of aliphatic hydroxyl groups excluding tert-OH is 2. The third-order valence-electron chi connectivity index (χ3n) is 8.75. The summed E-state index contributed by atoms with van der Waals surface area (Å²) in [6.07, 6.45) is -3.12. The molecule has 1 saturated heterocycles. The van der Waals surface area contributed by atoms with Crippen molar-refractivity contribution in [2.75, 3.05) is 13.2 Å². The third kappa shape index (κ3) is 4.32. The van der Waals surface area contributed by atoms with Gasteiger partial charge in [0, 0.05) is 17.5 Å². The fraction of sp³-hybridized carbons (Fsp3) is 0.536. The number of nitrogens with one attached hydrogen (secondary N) is 1. The van der Waals surface area contributed by atoms with Gasteiger partial charge in [-0.05, 0) is 61.8 Å². The maximum atomic E-state index is 14.7. The summed E-state index contributed by atoms with van der Waals surface area (Å²) in [6.45, 7) is 2.55. The molecule has 222 valence electrons. The number of amides is 1. The largest absolute Gasteiger partial charge is 0.510 e. The van der Waals surface area contributed by atoms with Crippen molar-refractivity contribution < 1.29 is 47.6 Å². The highest BCUT2D eigenvalue weighted by Gasteiger charge is 2.62. The lowest BCUT2D eigenvalue weighted by atomic mass is 9.58. The predicted octanol–water partition coefficient (Wildman–Crippen LogP) is 2.43. The summed E-state index contributed by atoms with van der Waals surface area (Å²) in [7, 11) is 0. The Morgan fingerprint density at radius 3 is 2.56 bits per heavy atom. The number of Topliss-reactive ketones (excluding diaryl/α,β-unsaturated/α-hetero) is 2. The van der Waals surface area contributed by atoms with Gasteiger partial charge in [-0.3, -0.25) is 14.4 Å². The Morgan fingerprint density at radius 2 is 1.98 bits per heavy atom. The second kappa shape index (κ2) is 10.1. The molecule has 8 N–H and O–H groups in total. The van der Waals surface area contributed by atoms with Crippen molar-refractivity contribution in [1.29, 1.82) is 0 Å². The molecule has 5 rings (SSSR count). The molecule has 0 spiro atoms. The van der Waals surface area contributed by atoms with Crippen LogP contribution in [0.1, 0.15) is 72.1 Å². The molecular formula is C28H32F3N3O7. The molecule has 1 heterocycles. The molecule has 0 radical (unpaired) electrons. The molecule has 5 atom stereocenters. The molecule has 10 nitrogen and oxygen atoms in total. The zero-order valence-corrected chi connectivity index (χ0v) is 22.3. The zero-order valence-electron chi connectivity index (χ0n) is 22.3. The maximum Gasteiger partial charge on any atom is 0.417 e. The van der Waals surface area contributed by atoms with E-state index in [2.05, 4.69) is 5.32 Å². The Bertz CT molecular complexity index is 1400. The van der Waals surface area contributed by atoms with Gasteiger partial charge in [0.05, 0.1) is 23.8 Å². The Morgan fingerprint density at radius 1 is 1.27 bits per heavy atom. The molecule has 0 aromatic heterocycles. The van der Waals surface area contributed by atoms with E-state index in [0.717, 1.165) is 6.42 Å². The number of alkyl halides is 3. The van der Waals surface area contributed by atoms with Crippen LogP contribution >= 0.6 is 0 Å². The number of hydrogen-bond donors (Lipinski definition) is 6. The summed E-state index contributed by atoms with van der Waals surface area (Å²) < 4.78 is 50.1. The van der Waals surface area contributed by atoms with Gasteiger partial charge in [-0.15, -0.1) is 0 Å². The van der Waals surface area contributed by atoms with Gasteiger partial charge in [0.25, 0.3) is 5.91 Å². The lowest BCUT2D eigenvalue weighted by molar-refractivity contribution is -0.145. The number of carbonyl (C=O) groups excluding carboxylic acids is 3. The quantitative estimate of drug-likeness (QED) is 0.218. The van der Waals surface area contributed by atoms with Crippen LogP contribution in [0.5, 0.6) is 5.75 Å². The van der Waals surface area contributed by atoms with Gasteiger partial charge >= 0.3 is 6.18 Å². The van der Waals surface area contributed by atoms with E-state index in [1.54, 1.807) is 0 Å². The van der Waals surface area contributed by atoms with Crippen LogP contribution in [0.3, 0.4) is 0 Å². The van der Waals surface area contributed by atoms with Crippen LogP contribution in [0.25, 0.3) is 0 Å². The molecule has 1 unspecified atom stereocenters. The summed E-state index contributed by atoms with van der Waals surface area (Å²) in [5, 5.41) is 36.3. The summed E-state index contributed by atoms with van der Waals surface area (Å²) in [5.41, 5.74) is 5.26. The number of aliphatic hydroxyl groups is 3. The molecule has 1 amide bonds. The van der Waals surface area contributed by atoms with Gasteiger partial charge in [-0.25, -0.2) is 0 Å². The molecular weight excluding hydrogens is 547 g/mol. The van der Waals surface area contributed by atoms with Crippen molar-refractivity contribution in [1.82, 2.24) is 5.32 Å². The van der Waals surface area contributed by atoms with Crippen LogP contribution < -0.4 is 21.5 Å². The molecule has 1 aromatic rings. The van der Waals surface area contributed by atoms with Crippen molar-refractivity contribution in [3.8, 4) is 5.75 Å². The highest BCUT2D eigenvalue weighted by molar-refractivity contribution is 6.24. The molecule has 1 fully saturated rings. The average Bonchev–Trinajstić information content (AvgIpc) is 3.43. The Hall–Kier alpha value is -3.42. The van der Waals surface area contributed by atoms with Crippen LogP contribution in [0, 0.1) is 11.8 Å². The smallest absolute Gasteiger partial charge is 0.417 e. The fourth-order valence-electron chi connectivity index (χ4n) is 6.80. The fourth-order valence-corrected chi connectivity index (χ4v) is 6.80. The monoisotopic (exact) mass is 579 g/mol. The first-order valence-electron chi connectivity index (χ1n) is 13.6. The second-order valence-electron chi connectivity index (χ2n) is 11.1. The third-order valence-corrected chi connectivity index (χ3v) is 8.75. The van der Waals surface area contributed by atoms with Gasteiger partial charge in [0.2, 0.25) is 5.78 Å². The molecule has 1 aliphatic heterocycles. The molecule has 0 bridgehead atoms. The minimum Gasteiger partial charge on any atom is -0.510 e. The Balaban J connectivity index is 1.74. The minimum atomic E-state index is -4.83. The number of ketones is 2. The summed E-state index contributed by atoms with van der Waals surface area (Å²) in [5.74, 6) is -8.48. The van der Waals surface area contributed by atoms with Gasteiger partial charge in [-0.2, -0.15) is 13.2 Å². The van der Waals surface area contributed by atoms with Gasteiger partial charge in [0.1, 0.15) is 22.8 Å². The van der Waals surface area contributed by atoms with Crippen molar-refractivity contribution in [3.05, 3.63) is 51.0 Å². The van der Waals surface area contributed by atoms with Crippen LogP contribution in [0.4, 0.5) is 13.2 Å². The number of ether oxygens (including phenoxy) is 1.